The molecule has 5 heteroatoms. The minimum Gasteiger partial charge on any atom is -0.368 e. The van der Waals surface area contributed by atoms with Crippen molar-refractivity contribution in [3.8, 4) is 0 Å². The van der Waals surface area contributed by atoms with Crippen molar-refractivity contribution in [2.24, 2.45) is 0 Å². The number of halogens is 1. The van der Waals surface area contributed by atoms with Crippen LogP contribution in [-0.2, 0) is 6.42 Å². The minimum absolute atomic E-state index is 0.135. The van der Waals surface area contributed by atoms with Gasteiger partial charge in [0, 0.05) is 37.6 Å². The maximum Gasteiger partial charge on any atom is 0.321 e. The lowest BCUT2D eigenvalue weighted by Crippen LogP contribution is -2.50. The van der Waals surface area contributed by atoms with E-state index in [2.05, 4.69) is 41.4 Å². The third-order valence-electron chi connectivity index (χ3n) is 4.50. The fourth-order valence-electron chi connectivity index (χ4n) is 3.07. The zero-order valence-electron chi connectivity index (χ0n) is 14.5. The Morgan fingerprint density at radius 1 is 1.00 bits per heavy atom. The van der Waals surface area contributed by atoms with Crippen molar-refractivity contribution in [3.05, 3.63) is 59.9 Å². The topological polar surface area (TPSA) is 35.6 Å². The van der Waals surface area contributed by atoms with E-state index in [-0.39, 0.29) is 11.8 Å². The van der Waals surface area contributed by atoms with Crippen molar-refractivity contribution < 1.29 is 9.18 Å². The van der Waals surface area contributed by atoms with Gasteiger partial charge in [-0.25, -0.2) is 9.18 Å². The van der Waals surface area contributed by atoms with E-state index in [0.29, 0.717) is 18.8 Å². The monoisotopic (exact) mass is 341 g/mol. The van der Waals surface area contributed by atoms with Gasteiger partial charge < -0.3 is 15.1 Å². The number of nitrogens with zero attached hydrogens (tertiary/aromatic N) is 2. The number of carbonyl (C=O) groups is 1. The fraction of sp³-hybridized carbons (Fsp3) is 0.350. The van der Waals surface area contributed by atoms with E-state index >= 15 is 0 Å². The first kappa shape index (κ1) is 17.3. The predicted molar refractivity (Wildman–Crippen MR) is 99.6 cm³/mol. The quantitative estimate of drug-likeness (QED) is 0.907. The van der Waals surface area contributed by atoms with Crippen molar-refractivity contribution >= 4 is 17.4 Å². The van der Waals surface area contributed by atoms with Crippen LogP contribution in [-0.4, -0.2) is 37.1 Å². The van der Waals surface area contributed by atoms with Crippen molar-refractivity contribution in [3.63, 3.8) is 0 Å². The summed E-state index contributed by atoms with van der Waals surface area (Å²) in [5.41, 5.74) is 3.18. The van der Waals surface area contributed by atoms with Crippen molar-refractivity contribution in [1.82, 2.24) is 4.90 Å². The Morgan fingerprint density at radius 3 is 2.24 bits per heavy atom. The SMILES string of the molecule is CCCc1ccc(N2CCN(C(=O)Nc3ccc(F)cc3)CC2)cc1. The van der Waals surface area contributed by atoms with Gasteiger partial charge in [0.1, 0.15) is 5.82 Å². The van der Waals surface area contributed by atoms with Gasteiger partial charge in [0.05, 0.1) is 0 Å². The molecule has 1 saturated heterocycles. The van der Waals surface area contributed by atoms with Crippen LogP contribution in [0.1, 0.15) is 18.9 Å². The van der Waals surface area contributed by atoms with Crippen molar-refractivity contribution in [2.75, 3.05) is 36.4 Å². The van der Waals surface area contributed by atoms with E-state index in [0.717, 1.165) is 25.9 Å². The Labute approximate surface area is 148 Å². The molecule has 0 radical (unpaired) electrons. The molecule has 132 valence electrons. The Hall–Kier alpha value is -2.56. The van der Waals surface area contributed by atoms with Gasteiger partial charge in [-0.3, -0.25) is 0 Å². The third kappa shape index (κ3) is 4.50. The first-order valence-electron chi connectivity index (χ1n) is 8.81. The number of anilines is 2. The van der Waals surface area contributed by atoms with Crippen LogP contribution in [0, 0.1) is 5.82 Å². The van der Waals surface area contributed by atoms with E-state index in [4.69, 9.17) is 0 Å². The second-order valence-corrected chi connectivity index (χ2v) is 6.33. The highest BCUT2D eigenvalue weighted by Crippen LogP contribution is 2.18. The summed E-state index contributed by atoms with van der Waals surface area (Å²) in [6.45, 7) is 5.14. The van der Waals surface area contributed by atoms with E-state index in [9.17, 15) is 9.18 Å². The standard InChI is InChI=1S/C20H24FN3O/c1-2-3-16-4-10-19(11-5-16)23-12-14-24(15-13-23)20(25)22-18-8-6-17(21)7-9-18/h4-11H,2-3,12-15H2,1H3,(H,22,25). The van der Waals surface area contributed by atoms with Gasteiger partial charge in [-0.15, -0.1) is 0 Å². The molecule has 0 aromatic heterocycles. The number of rotatable bonds is 4. The molecule has 3 rings (SSSR count). The highest BCUT2D eigenvalue weighted by atomic mass is 19.1. The molecule has 4 nitrogen and oxygen atoms in total. The molecule has 0 spiro atoms. The minimum atomic E-state index is -0.309. The molecule has 1 heterocycles. The summed E-state index contributed by atoms with van der Waals surface area (Å²) >= 11 is 0. The Balaban J connectivity index is 1.52. The number of piperazine rings is 1. The van der Waals surface area contributed by atoms with Gasteiger partial charge in [-0.2, -0.15) is 0 Å². The number of amides is 2. The summed E-state index contributed by atoms with van der Waals surface area (Å²) in [4.78, 5) is 16.4. The Morgan fingerprint density at radius 2 is 1.64 bits per heavy atom. The second kappa shape index (κ2) is 8.01. The van der Waals surface area contributed by atoms with Gasteiger partial charge >= 0.3 is 6.03 Å². The lowest BCUT2D eigenvalue weighted by Gasteiger charge is -2.36. The van der Waals surface area contributed by atoms with Crippen LogP contribution < -0.4 is 10.2 Å². The molecule has 0 saturated carbocycles. The lowest BCUT2D eigenvalue weighted by atomic mass is 10.1. The van der Waals surface area contributed by atoms with Crippen LogP contribution in [0.25, 0.3) is 0 Å². The van der Waals surface area contributed by atoms with E-state index in [1.165, 1.54) is 23.4 Å². The van der Waals surface area contributed by atoms with Crippen LogP contribution >= 0.6 is 0 Å². The van der Waals surface area contributed by atoms with Crippen LogP contribution in [0.4, 0.5) is 20.6 Å². The summed E-state index contributed by atoms with van der Waals surface area (Å²) in [5, 5.41) is 2.82. The number of nitrogens with one attached hydrogen (secondary N) is 1. The molecule has 0 unspecified atom stereocenters. The average Bonchev–Trinajstić information content (AvgIpc) is 2.65. The number of hydrogen-bond acceptors (Lipinski definition) is 2. The maximum atomic E-state index is 12.9. The number of benzene rings is 2. The molecule has 1 N–H and O–H groups in total. The molecule has 2 amide bonds. The Kier molecular flexibility index (Phi) is 5.53. The molecule has 25 heavy (non-hydrogen) atoms. The molecular weight excluding hydrogens is 317 g/mol. The molecule has 1 aliphatic heterocycles. The third-order valence-corrected chi connectivity index (χ3v) is 4.50. The molecule has 2 aromatic carbocycles. The number of hydrogen-bond donors (Lipinski definition) is 1. The smallest absolute Gasteiger partial charge is 0.321 e. The summed E-state index contributed by atoms with van der Waals surface area (Å²) in [5.74, 6) is -0.309. The first-order valence-corrected chi connectivity index (χ1v) is 8.81. The zero-order chi connectivity index (χ0) is 17.6. The first-order chi connectivity index (χ1) is 12.2. The van der Waals surface area contributed by atoms with Crippen LogP contribution in [0.15, 0.2) is 48.5 Å². The molecule has 0 bridgehead atoms. The van der Waals surface area contributed by atoms with Gasteiger partial charge in [0.25, 0.3) is 0 Å². The second-order valence-electron chi connectivity index (χ2n) is 6.33. The molecule has 1 fully saturated rings. The highest BCUT2D eigenvalue weighted by molar-refractivity contribution is 5.89. The Bertz CT molecular complexity index is 692. The number of urea groups is 1. The molecule has 1 aliphatic rings. The van der Waals surface area contributed by atoms with Gasteiger partial charge in [-0.1, -0.05) is 25.5 Å². The summed E-state index contributed by atoms with van der Waals surface area (Å²) in [7, 11) is 0. The molecular formula is C20H24FN3O. The van der Waals surface area contributed by atoms with Gasteiger partial charge in [-0.05, 0) is 48.4 Å². The maximum absolute atomic E-state index is 12.9. The van der Waals surface area contributed by atoms with E-state index in [1.807, 2.05) is 0 Å². The van der Waals surface area contributed by atoms with Gasteiger partial charge in [0.2, 0.25) is 0 Å². The summed E-state index contributed by atoms with van der Waals surface area (Å²) in [6.07, 6.45) is 2.26. The summed E-state index contributed by atoms with van der Waals surface area (Å²) in [6, 6.07) is 14.4. The van der Waals surface area contributed by atoms with Crippen LogP contribution in [0.2, 0.25) is 0 Å². The van der Waals surface area contributed by atoms with E-state index < -0.39 is 0 Å². The van der Waals surface area contributed by atoms with E-state index in [1.54, 1.807) is 17.0 Å². The molecule has 0 aliphatic carbocycles. The predicted octanol–water partition coefficient (Wildman–Crippen LogP) is 4.13. The lowest BCUT2D eigenvalue weighted by molar-refractivity contribution is 0.208. The van der Waals surface area contributed by atoms with Gasteiger partial charge in [0.15, 0.2) is 0 Å². The zero-order valence-corrected chi connectivity index (χ0v) is 14.5. The molecule has 2 aromatic rings. The summed E-state index contributed by atoms with van der Waals surface area (Å²) < 4.78 is 12.9. The van der Waals surface area contributed by atoms with Crippen molar-refractivity contribution in [1.29, 1.82) is 0 Å². The van der Waals surface area contributed by atoms with Crippen molar-refractivity contribution in [2.45, 2.75) is 19.8 Å². The molecule has 0 atom stereocenters. The number of carbonyl (C=O) groups excluding carboxylic acids is 1. The largest absolute Gasteiger partial charge is 0.368 e. The van der Waals surface area contributed by atoms with Crippen LogP contribution in [0.3, 0.4) is 0 Å². The normalized spacial score (nSPS) is 14.5. The number of aryl methyl sites for hydroxylation is 1. The fourth-order valence-corrected chi connectivity index (χ4v) is 3.07. The highest BCUT2D eigenvalue weighted by Gasteiger charge is 2.21. The average molecular weight is 341 g/mol. The van der Waals surface area contributed by atoms with Crippen LogP contribution in [0.5, 0.6) is 0 Å².